The Morgan fingerprint density at radius 1 is 1.20 bits per heavy atom. The molecule has 0 fully saturated rings. The fraction of sp³-hybridized carbons (Fsp3) is 0.500. The van der Waals surface area contributed by atoms with Gasteiger partial charge in [-0.05, 0) is 6.08 Å². The van der Waals surface area contributed by atoms with E-state index in [-0.39, 0.29) is 0 Å². The molecule has 0 aromatic heterocycles. The zero-order valence-electron chi connectivity index (χ0n) is 8.31. The second-order valence-electron chi connectivity index (χ2n) is 2.59. The summed E-state index contributed by atoms with van der Waals surface area (Å²) in [7, 11) is 8.10. The second kappa shape index (κ2) is 6.50. The first kappa shape index (κ1) is 14.9. The van der Waals surface area contributed by atoms with E-state index >= 15 is 0 Å². The fourth-order valence-corrected chi connectivity index (χ4v) is 0.967. The van der Waals surface area contributed by atoms with Gasteiger partial charge in [0.2, 0.25) is 0 Å². The molecule has 0 N–H and O–H groups in total. The summed E-state index contributed by atoms with van der Waals surface area (Å²) in [6.45, 7) is 0. The third kappa shape index (κ3) is 7.81. The lowest BCUT2D eigenvalue weighted by Crippen LogP contribution is -2.31. The minimum Gasteiger partial charge on any atom is -0.349 e. The van der Waals surface area contributed by atoms with Crippen molar-refractivity contribution in [2.75, 3.05) is 14.2 Å². The summed E-state index contributed by atoms with van der Waals surface area (Å²) in [6, 6.07) is 0. The highest BCUT2D eigenvalue weighted by atomic mass is 36.0. The molecule has 0 amide bonds. The molecular weight excluding hydrogens is 263 g/mol. The summed E-state index contributed by atoms with van der Waals surface area (Å²) in [5.74, 6) is -0.505. The van der Waals surface area contributed by atoms with E-state index in [1.807, 2.05) is 24.3 Å². The molecule has 1 rings (SSSR count). The van der Waals surface area contributed by atoms with Crippen molar-refractivity contribution in [2.45, 2.75) is 12.2 Å². The van der Waals surface area contributed by atoms with E-state index in [0.29, 0.717) is 0 Å². The van der Waals surface area contributed by atoms with Gasteiger partial charge in [-0.15, -0.1) is 0 Å². The van der Waals surface area contributed by atoms with Gasteiger partial charge in [0, 0.05) is 42.0 Å². The lowest BCUT2D eigenvalue weighted by atomic mass is 10.1. The minimum atomic E-state index is -3.72. The van der Waals surface area contributed by atoms with Crippen molar-refractivity contribution >= 4 is 29.6 Å². The van der Waals surface area contributed by atoms with Crippen LogP contribution in [0.4, 0.5) is 0 Å². The Balaban J connectivity index is 0.000000336. The van der Waals surface area contributed by atoms with E-state index in [4.69, 9.17) is 17.9 Å². The predicted molar refractivity (Wildman–Crippen MR) is 60.3 cm³/mol. The molecule has 0 spiro atoms. The van der Waals surface area contributed by atoms with Crippen molar-refractivity contribution in [2.24, 2.45) is 0 Å². The van der Waals surface area contributed by atoms with Crippen molar-refractivity contribution in [1.29, 1.82) is 0 Å². The molecule has 1 aliphatic carbocycles. The molecule has 0 aromatic rings. The largest absolute Gasteiger partial charge is 0.349 e. The van der Waals surface area contributed by atoms with Gasteiger partial charge >= 0.3 is 8.26 Å². The molecule has 88 valence electrons. The summed E-state index contributed by atoms with van der Waals surface area (Å²) >= 11 is 0. The second-order valence-corrected chi connectivity index (χ2v) is 6.26. The van der Waals surface area contributed by atoms with Gasteiger partial charge in [-0.25, -0.2) is 0 Å². The Bertz CT molecular complexity index is 323. The van der Waals surface area contributed by atoms with E-state index in [1.165, 1.54) is 0 Å². The smallest absolute Gasteiger partial charge is 0.317 e. The summed E-state index contributed by atoms with van der Waals surface area (Å²) in [5, 5.41) is 0. The van der Waals surface area contributed by atoms with E-state index in [9.17, 15) is 0 Å². The van der Waals surface area contributed by atoms with Crippen LogP contribution in [-0.2, 0) is 17.7 Å². The van der Waals surface area contributed by atoms with Crippen LogP contribution in [0.5, 0.6) is 0 Å². The average molecular weight is 275 g/mol. The number of methoxy groups -OCH3 is 2. The van der Waals surface area contributed by atoms with Crippen LogP contribution < -0.4 is 0 Å². The topological polar surface area (TPSA) is 52.6 Å². The highest BCUT2D eigenvalue weighted by Crippen LogP contribution is 2.21. The fourth-order valence-electron chi connectivity index (χ4n) is 0.967. The number of hydrogen-bond acceptors (Lipinski definition) is 4. The quantitative estimate of drug-likeness (QED) is 0.572. The Hall–Kier alpha value is -0.0700. The van der Waals surface area contributed by atoms with E-state index in [0.717, 1.165) is 6.42 Å². The van der Waals surface area contributed by atoms with E-state index in [1.54, 1.807) is 14.2 Å². The van der Waals surface area contributed by atoms with Crippen LogP contribution in [0.15, 0.2) is 24.3 Å². The first-order valence-corrected chi connectivity index (χ1v) is 7.05. The molecule has 0 saturated heterocycles. The van der Waals surface area contributed by atoms with Crippen LogP contribution in [0.3, 0.4) is 0 Å². The summed E-state index contributed by atoms with van der Waals surface area (Å²) < 4.78 is 28.7. The maximum atomic E-state index is 9.16. The number of ether oxygens (including phenoxy) is 2. The Morgan fingerprint density at radius 2 is 1.67 bits per heavy atom. The molecule has 0 aliphatic heterocycles. The lowest BCUT2D eigenvalue weighted by Gasteiger charge is -2.27. The van der Waals surface area contributed by atoms with Crippen LogP contribution >= 0.6 is 21.4 Å². The van der Waals surface area contributed by atoms with Gasteiger partial charge in [-0.1, -0.05) is 18.2 Å². The third-order valence-electron chi connectivity index (χ3n) is 1.69. The van der Waals surface area contributed by atoms with Crippen LogP contribution in [0.2, 0.25) is 0 Å². The van der Waals surface area contributed by atoms with Crippen molar-refractivity contribution in [3.05, 3.63) is 24.3 Å². The van der Waals surface area contributed by atoms with Crippen LogP contribution in [0, 0.1) is 0 Å². The number of hydrogen-bond donors (Lipinski definition) is 0. The zero-order valence-corrected chi connectivity index (χ0v) is 10.6. The first-order chi connectivity index (χ1) is 6.83. The van der Waals surface area contributed by atoms with Gasteiger partial charge in [-0.2, -0.15) is 8.42 Å². The highest BCUT2D eigenvalue weighted by molar-refractivity contribution is 8.31. The van der Waals surface area contributed by atoms with Crippen molar-refractivity contribution in [3.63, 3.8) is 0 Å². The van der Waals surface area contributed by atoms with Crippen LogP contribution in [0.1, 0.15) is 6.42 Å². The third-order valence-corrected chi connectivity index (χ3v) is 1.69. The highest BCUT2D eigenvalue weighted by Gasteiger charge is 2.25. The average Bonchev–Trinajstić information content (AvgIpc) is 2.16. The molecule has 4 nitrogen and oxygen atoms in total. The maximum absolute atomic E-state index is 9.16. The standard InChI is InChI=1S/C8H12O2.Cl2O2S/c1-9-8(10-2)6-4-3-5-7-8;1-5(2,3)4/h3-6H,7H2,1-2H3;. The van der Waals surface area contributed by atoms with Crippen LogP contribution in [-0.4, -0.2) is 28.4 Å². The molecule has 0 atom stereocenters. The molecular formula is C8H12Cl2O4S. The molecule has 0 saturated carbocycles. The first-order valence-electron chi connectivity index (χ1n) is 3.92. The summed E-state index contributed by atoms with van der Waals surface area (Å²) in [4.78, 5) is 0. The Labute approximate surface area is 98.4 Å². The Kier molecular flexibility index (Phi) is 6.47. The number of rotatable bonds is 2. The molecule has 1 aliphatic rings. The van der Waals surface area contributed by atoms with E-state index in [2.05, 4.69) is 21.4 Å². The molecule has 0 bridgehead atoms. The van der Waals surface area contributed by atoms with Gasteiger partial charge in [0.1, 0.15) is 0 Å². The molecule has 0 heterocycles. The monoisotopic (exact) mass is 274 g/mol. The van der Waals surface area contributed by atoms with E-state index < -0.39 is 14.1 Å². The minimum absolute atomic E-state index is 0.505. The predicted octanol–water partition coefficient (Wildman–Crippen LogP) is 2.20. The molecule has 0 aromatic carbocycles. The van der Waals surface area contributed by atoms with Crippen LogP contribution in [0.25, 0.3) is 0 Å². The van der Waals surface area contributed by atoms with Gasteiger partial charge < -0.3 is 9.47 Å². The molecule has 0 radical (unpaired) electrons. The van der Waals surface area contributed by atoms with Crippen molar-refractivity contribution < 1.29 is 17.9 Å². The zero-order chi connectivity index (χ0) is 11.9. The molecule has 15 heavy (non-hydrogen) atoms. The van der Waals surface area contributed by atoms with Gasteiger partial charge in [0.25, 0.3) is 0 Å². The molecule has 7 heteroatoms. The SMILES string of the molecule is COC1(OC)C=CC=CC1.O=S(=O)(Cl)Cl. The van der Waals surface area contributed by atoms with Gasteiger partial charge in [0.05, 0.1) is 0 Å². The number of halogens is 2. The normalized spacial score (nSPS) is 18.1. The molecule has 0 unspecified atom stereocenters. The van der Waals surface area contributed by atoms with Crippen molar-refractivity contribution in [3.8, 4) is 0 Å². The number of allylic oxidation sites excluding steroid dienone is 2. The van der Waals surface area contributed by atoms with Crippen molar-refractivity contribution in [1.82, 2.24) is 0 Å². The lowest BCUT2D eigenvalue weighted by molar-refractivity contribution is -0.167. The maximum Gasteiger partial charge on any atom is 0.317 e. The Morgan fingerprint density at radius 3 is 1.87 bits per heavy atom. The summed E-state index contributed by atoms with van der Waals surface area (Å²) in [5.41, 5.74) is 0. The van der Waals surface area contributed by atoms with Gasteiger partial charge in [0.15, 0.2) is 5.79 Å². The van der Waals surface area contributed by atoms with Gasteiger partial charge in [-0.3, -0.25) is 0 Å². The summed E-state index contributed by atoms with van der Waals surface area (Å²) in [6.07, 6.45) is 8.63.